The van der Waals surface area contributed by atoms with Crippen molar-refractivity contribution in [1.29, 1.82) is 0 Å². The van der Waals surface area contributed by atoms with E-state index < -0.39 is 4.92 Å². The smallest absolute Gasteiger partial charge is 0.329 e. The highest BCUT2D eigenvalue weighted by atomic mass is 79.9. The second-order valence-corrected chi connectivity index (χ2v) is 4.80. The largest absolute Gasteiger partial charge is 0.486 e. The van der Waals surface area contributed by atoms with Gasteiger partial charge in [0, 0.05) is 4.47 Å². The minimum atomic E-state index is -0.495. The molecule has 7 heteroatoms. The molecule has 0 unspecified atom stereocenters. The van der Waals surface area contributed by atoms with Crippen molar-refractivity contribution in [2.24, 2.45) is 5.73 Å². The zero-order valence-corrected chi connectivity index (χ0v) is 11.6. The van der Waals surface area contributed by atoms with E-state index in [0.717, 1.165) is 4.47 Å². The van der Waals surface area contributed by atoms with Crippen LogP contribution in [0.15, 0.2) is 28.9 Å². The van der Waals surface area contributed by atoms with E-state index in [2.05, 4.69) is 20.9 Å². The van der Waals surface area contributed by atoms with Gasteiger partial charge in [-0.25, -0.2) is 4.98 Å². The predicted octanol–water partition coefficient (Wildman–Crippen LogP) is 2.63. The molecule has 0 aliphatic rings. The zero-order chi connectivity index (χ0) is 13.8. The summed E-state index contributed by atoms with van der Waals surface area (Å²) in [5, 5.41) is 11.6. The highest BCUT2D eigenvalue weighted by Crippen LogP contribution is 2.35. The van der Waals surface area contributed by atoms with E-state index in [1.807, 2.05) is 6.07 Å². The van der Waals surface area contributed by atoms with Gasteiger partial charge in [0.15, 0.2) is 0 Å². The highest BCUT2D eigenvalue weighted by molar-refractivity contribution is 9.10. The molecular weight excluding hydrogens is 314 g/mol. The van der Waals surface area contributed by atoms with Crippen LogP contribution in [0.4, 0.5) is 5.69 Å². The molecule has 0 aliphatic carbocycles. The van der Waals surface area contributed by atoms with Crippen molar-refractivity contribution >= 4 is 32.5 Å². The Labute approximate surface area is 117 Å². The maximum absolute atomic E-state index is 11.0. The van der Waals surface area contributed by atoms with Crippen molar-refractivity contribution in [1.82, 2.24) is 4.98 Å². The lowest BCUT2D eigenvalue weighted by Crippen LogP contribution is -2.07. The van der Waals surface area contributed by atoms with E-state index in [1.54, 1.807) is 12.1 Å². The van der Waals surface area contributed by atoms with E-state index in [0.29, 0.717) is 30.5 Å². The van der Waals surface area contributed by atoms with Crippen LogP contribution in [0.2, 0.25) is 0 Å². The number of fused-ring (bicyclic) bond motifs is 1. The molecule has 1 aromatic carbocycles. The van der Waals surface area contributed by atoms with Crippen LogP contribution in [0.3, 0.4) is 0 Å². The number of nitro groups is 1. The summed E-state index contributed by atoms with van der Waals surface area (Å²) in [5.74, 6) is 0.241. The quantitative estimate of drug-likeness (QED) is 0.518. The Kier molecular flexibility index (Phi) is 4.28. The number of nitrogens with zero attached hydrogens (tertiary/aromatic N) is 2. The average Bonchev–Trinajstić information content (AvgIpc) is 2.38. The van der Waals surface area contributed by atoms with Gasteiger partial charge >= 0.3 is 5.69 Å². The summed E-state index contributed by atoms with van der Waals surface area (Å²) >= 11 is 3.34. The van der Waals surface area contributed by atoms with Gasteiger partial charge in [0.2, 0.25) is 5.75 Å². The third kappa shape index (κ3) is 2.99. The van der Waals surface area contributed by atoms with Crippen LogP contribution < -0.4 is 10.5 Å². The van der Waals surface area contributed by atoms with Gasteiger partial charge < -0.3 is 10.5 Å². The molecular formula is C12H12BrN3O3. The number of aromatic nitrogens is 1. The molecule has 0 radical (unpaired) electrons. The van der Waals surface area contributed by atoms with E-state index in [1.165, 1.54) is 6.20 Å². The number of hydrogen-bond acceptors (Lipinski definition) is 5. The van der Waals surface area contributed by atoms with Gasteiger partial charge in [-0.2, -0.15) is 0 Å². The fraction of sp³-hybridized carbons (Fsp3) is 0.250. The maximum Gasteiger partial charge on any atom is 0.329 e. The lowest BCUT2D eigenvalue weighted by Gasteiger charge is -2.09. The number of hydrogen-bond donors (Lipinski definition) is 1. The summed E-state index contributed by atoms with van der Waals surface area (Å²) in [6.45, 7) is 0.809. The summed E-state index contributed by atoms with van der Waals surface area (Å²) in [6.07, 6.45) is 1.85. The van der Waals surface area contributed by atoms with E-state index in [-0.39, 0.29) is 11.4 Å². The Hall–Kier alpha value is -1.73. The predicted molar refractivity (Wildman–Crippen MR) is 75.3 cm³/mol. The Morgan fingerprint density at radius 2 is 2.26 bits per heavy atom. The second kappa shape index (κ2) is 5.94. The van der Waals surface area contributed by atoms with Crippen molar-refractivity contribution in [2.45, 2.75) is 6.42 Å². The van der Waals surface area contributed by atoms with Crippen LogP contribution >= 0.6 is 15.9 Å². The van der Waals surface area contributed by atoms with Crippen LogP contribution in [-0.4, -0.2) is 23.1 Å². The van der Waals surface area contributed by atoms with Crippen LogP contribution in [-0.2, 0) is 0 Å². The molecule has 2 N–H and O–H groups in total. The SMILES string of the molecule is NCCCOc1c([N+](=O)[O-])cnc2ccc(Br)cc12. The number of rotatable bonds is 5. The molecule has 2 aromatic rings. The Balaban J connectivity index is 2.54. The zero-order valence-electron chi connectivity index (χ0n) is 10.0. The minimum absolute atomic E-state index is 0.136. The van der Waals surface area contributed by atoms with Gasteiger partial charge in [0.25, 0.3) is 0 Å². The Morgan fingerprint density at radius 1 is 1.47 bits per heavy atom. The standard InChI is InChI=1S/C12H12BrN3O3/c13-8-2-3-10-9(6-8)12(19-5-1-4-14)11(7-15-10)16(17)18/h2-3,6-7H,1,4-5,14H2. The molecule has 0 saturated heterocycles. The monoisotopic (exact) mass is 325 g/mol. The summed E-state index contributed by atoms with van der Waals surface area (Å²) in [5.41, 5.74) is 5.91. The van der Waals surface area contributed by atoms with Crippen LogP contribution in [0.25, 0.3) is 10.9 Å². The molecule has 0 fully saturated rings. The topological polar surface area (TPSA) is 91.3 Å². The van der Waals surface area contributed by atoms with Gasteiger partial charge in [-0.15, -0.1) is 0 Å². The van der Waals surface area contributed by atoms with Gasteiger partial charge in [-0.05, 0) is 31.2 Å². The van der Waals surface area contributed by atoms with E-state index in [9.17, 15) is 10.1 Å². The lowest BCUT2D eigenvalue weighted by atomic mass is 10.2. The molecule has 0 amide bonds. The fourth-order valence-corrected chi connectivity index (χ4v) is 2.03. The molecule has 0 saturated carbocycles. The first-order valence-electron chi connectivity index (χ1n) is 5.69. The lowest BCUT2D eigenvalue weighted by molar-refractivity contribution is -0.386. The number of pyridine rings is 1. The van der Waals surface area contributed by atoms with Gasteiger partial charge in [-0.1, -0.05) is 15.9 Å². The van der Waals surface area contributed by atoms with E-state index in [4.69, 9.17) is 10.5 Å². The fourth-order valence-electron chi connectivity index (χ4n) is 1.67. The maximum atomic E-state index is 11.0. The molecule has 1 heterocycles. The van der Waals surface area contributed by atoms with Crippen molar-refractivity contribution in [3.05, 3.63) is 39.0 Å². The molecule has 19 heavy (non-hydrogen) atoms. The normalized spacial score (nSPS) is 10.6. The molecule has 100 valence electrons. The summed E-state index contributed by atoms with van der Waals surface area (Å²) < 4.78 is 6.34. The molecule has 0 spiro atoms. The Bertz CT molecular complexity index is 618. The first-order valence-corrected chi connectivity index (χ1v) is 6.48. The van der Waals surface area contributed by atoms with Gasteiger partial charge in [0.1, 0.15) is 6.20 Å². The Morgan fingerprint density at radius 3 is 2.95 bits per heavy atom. The van der Waals surface area contributed by atoms with Gasteiger partial charge in [-0.3, -0.25) is 10.1 Å². The van der Waals surface area contributed by atoms with Crippen LogP contribution in [0, 0.1) is 10.1 Å². The van der Waals surface area contributed by atoms with Crippen molar-refractivity contribution < 1.29 is 9.66 Å². The molecule has 0 bridgehead atoms. The number of halogens is 1. The first-order chi connectivity index (χ1) is 9.13. The second-order valence-electron chi connectivity index (χ2n) is 3.88. The van der Waals surface area contributed by atoms with Crippen molar-refractivity contribution in [3.8, 4) is 5.75 Å². The summed E-state index contributed by atoms with van der Waals surface area (Å²) in [4.78, 5) is 14.6. The van der Waals surface area contributed by atoms with Crippen LogP contribution in [0.5, 0.6) is 5.75 Å². The van der Waals surface area contributed by atoms with Crippen LogP contribution in [0.1, 0.15) is 6.42 Å². The molecule has 1 aromatic heterocycles. The number of ether oxygens (including phenoxy) is 1. The van der Waals surface area contributed by atoms with Gasteiger partial charge in [0.05, 0.1) is 22.4 Å². The number of nitrogens with two attached hydrogens (primary N) is 1. The summed E-state index contributed by atoms with van der Waals surface area (Å²) in [6, 6.07) is 5.36. The minimum Gasteiger partial charge on any atom is -0.486 e. The molecule has 2 rings (SSSR count). The highest BCUT2D eigenvalue weighted by Gasteiger charge is 2.19. The molecule has 0 aliphatic heterocycles. The van der Waals surface area contributed by atoms with E-state index >= 15 is 0 Å². The van der Waals surface area contributed by atoms with Crippen molar-refractivity contribution in [3.63, 3.8) is 0 Å². The third-order valence-electron chi connectivity index (χ3n) is 2.55. The van der Waals surface area contributed by atoms with Crippen molar-refractivity contribution in [2.75, 3.05) is 13.2 Å². The number of benzene rings is 1. The molecule has 0 atom stereocenters. The molecule has 6 nitrogen and oxygen atoms in total. The first kappa shape index (κ1) is 13.7. The third-order valence-corrected chi connectivity index (χ3v) is 3.05. The average molecular weight is 326 g/mol. The summed E-state index contributed by atoms with van der Waals surface area (Å²) in [7, 11) is 0.